The van der Waals surface area contributed by atoms with Crippen LogP contribution in [0, 0.1) is 6.92 Å². The van der Waals surface area contributed by atoms with E-state index in [1.807, 2.05) is 37.3 Å². The lowest BCUT2D eigenvalue weighted by atomic mass is 10.2. The van der Waals surface area contributed by atoms with Gasteiger partial charge in [-0.15, -0.1) is 11.8 Å². The van der Waals surface area contributed by atoms with Gasteiger partial charge in [-0.3, -0.25) is 0 Å². The van der Waals surface area contributed by atoms with E-state index in [-0.39, 0.29) is 10.8 Å². The molecule has 0 aliphatic carbocycles. The SMILES string of the molecule is COc1ccc(CNC(=O)Nc2ccc(SC(C)(C)C)cc2C)cc1OC. The molecule has 0 fully saturated rings. The number of aryl methyl sites for hydroxylation is 1. The molecule has 0 atom stereocenters. The third-order valence-corrected chi connectivity index (χ3v) is 4.87. The number of carbonyl (C=O) groups excluding carboxylic acids is 1. The van der Waals surface area contributed by atoms with Crippen LogP contribution < -0.4 is 20.1 Å². The number of thioether (sulfide) groups is 1. The molecule has 0 radical (unpaired) electrons. The second-order valence-corrected chi connectivity index (χ2v) is 9.09. The maximum absolute atomic E-state index is 12.2. The minimum absolute atomic E-state index is 0.151. The number of hydrogen-bond acceptors (Lipinski definition) is 4. The molecule has 27 heavy (non-hydrogen) atoms. The van der Waals surface area contributed by atoms with Crippen LogP contribution in [0.4, 0.5) is 10.5 Å². The van der Waals surface area contributed by atoms with Crippen LogP contribution in [0.3, 0.4) is 0 Å². The number of benzene rings is 2. The Morgan fingerprint density at radius 3 is 2.33 bits per heavy atom. The number of urea groups is 1. The molecule has 0 spiro atoms. The Hall–Kier alpha value is -2.34. The fourth-order valence-electron chi connectivity index (χ4n) is 2.53. The van der Waals surface area contributed by atoms with Crippen molar-refractivity contribution in [1.82, 2.24) is 5.32 Å². The fraction of sp³-hybridized carbons (Fsp3) is 0.381. The molecule has 2 aromatic carbocycles. The molecule has 0 aromatic heterocycles. The first kappa shape index (κ1) is 21.0. The highest BCUT2D eigenvalue weighted by Gasteiger charge is 2.13. The highest BCUT2D eigenvalue weighted by molar-refractivity contribution is 8.00. The average Bonchev–Trinajstić information content (AvgIpc) is 2.60. The highest BCUT2D eigenvalue weighted by Crippen LogP contribution is 2.33. The standard InChI is InChI=1S/C21H28N2O3S/c1-14-11-16(27-21(2,3)4)8-9-17(14)23-20(24)22-13-15-7-10-18(25-5)19(12-15)26-6/h7-12H,13H2,1-6H3,(H2,22,23,24). The molecule has 2 N–H and O–H groups in total. The zero-order valence-corrected chi connectivity index (χ0v) is 17.6. The first-order valence-electron chi connectivity index (χ1n) is 8.77. The molecule has 0 aliphatic heterocycles. The molecular weight excluding hydrogens is 360 g/mol. The Bertz CT molecular complexity index is 800. The predicted molar refractivity (Wildman–Crippen MR) is 112 cm³/mol. The molecular formula is C21H28N2O3S. The van der Waals surface area contributed by atoms with Gasteiger partial charge in [0.15, 0.2) is 11.5 Å². The van der Waals surface area contributed by atoms with Crippen molar-refractivity contribution in [2.24, 2.45) is 0 Å². The van der Waals surface area contributed by atoms with Crippen molar-refractivity contribution in [1.29, 1.82) is 0 Å². The Labute approximate surface area is 165 Å². The summed E-state index contributed by atoms with van der Waals surface area (Å²) in [5.74, 6) is 1.30. The van der Waals surface area contributed by atoms with Crippen LogP contribution in [0.2, 0.25) is 0 Å². The fourth-order valence-corrected chi connectivity index (χ4v) is 3.61. The van der Waals surface area contributed by atoms with E-state index < -0.39 is 0 Å². The van der Waals surface area contributed by atoms with Crippen molar-refractivity contribution >= 4 is 23.5 Å². The van der Waals surface area contributed by atoms with E-state index in [1.54, 1.807) is 26.0 Å². The number of rotatable bonds is 6. The van der Waals surface area contributed by atoms with Crippen LogP contribution in [0.5, 0.6) is 11.5 Å². The normalized spacial score (nSPS) is 11.0. The molecule has 2 amide bonds. The van der Waals surface area contributed by atoms with Gasteiger partial charge in [0, 0.05) is 21.9 Å². The summed E-state index contributed by atoms with van der Waals surface area (Å²) in [4.78, 5) is 13.4. The van der Waals surface area contributed by atoms with E-state index in [0.717, 1.165) is 16.8 Å². The third kappa shape index (κ3) is 6.40. The zero-order valence-electron chi connectivity index (χ0n) is 16.8. The second kappa shape index (κ2) is 9.04. The lowest BCUT2D eigenvalue weighted by Gasteiger charge is -2.18. The van der Waals surface area contributed by atoms with Crippen LogP contribution in [0.15, 0.2) is 41.3 Å². The summed E-state index contributed by atoms with van der Waals surface area (Å²) in [6.45, 7) is 8.93. The summed E-state index contributed by atoms with van der Waals surface area (Å²) in [5, 5.41) is 5.77. The van der Waals surface area contributed by atoms with Gasteiger partial charge in [-0.05, 0) is 48.4 Å². The van der Waals surface area contributed by atoms with Gasteiger partial charge in [-0.1, -0.05) is 26.8 Å². The quantitative estimate of drug-likeness (QED) is 0.666. The van der Waals surface area contributed by atoms with Gasteiger partial charge >= 0.3 is 6.03 Å². The second-order valence-electron chi connectivity index (χ2n) is 7.19. The smallest absolute Gasteiger partial charge is 0.319 e. The average molecular weight is 389 g/mol. The molecule has 2 aromatic rings. The van der Waals surface area contributed by atoms with E-state index in [2.05, 4.69) is 37.5 Å². The van der Waals surface area contributed by atoms with Gasteiger partial charge in [0.25, 0.3) is 0 Å². The molecule has 5 nitrogen and oxygen atoms in total. The molecule has 0 saturated heterocycles. The Balaban J connectivity index is 1.96. The van der Waals surface area contributed by atoms with Crippen molar-refractivity contribution in [2.75, 3.05) is 19.5 Å². The number of anilines is 1. The van der Waals surface area contributed by atoms with Crippen molar-refractivity contribution < 1.29 is 14.3 Å². The Morgan fingerprint density at radius 2 is 1.74 bits per heavy atom. The lowest BCUT2D eigenvalue weighted by molar-refractivity contribution is 0.251. The minimum Gasteiger partial charge on any atom is -0.493 e. The van der Waals surface area contributed by atoms with Gasteiger partial charge < -0.3 is 20.1 Å². The summed E-state index contributed by atoms with van der Waals surface area (Å²) in [6.07, 6.45) is 0. The lowest BCUT2D eigenvalue weighted by Crippen LogP contribution is -2.28. The molecule has 0 aliphatic rings. The summed E-state index contributed by atoms with van der Waals surface area (Å²) in [6, 6.07) is 11.4. The van der Waals surface area contributed by atoms with Crippen LogP contribution >= 0.6 is 11.8 Å². The van der Waals surface area contributed by atoms with E-state index in [1.165, 1.54) is 4.90 Å². The van der Waals surface area contributed by atoms with Crippen LogP contribution in [-0.2, 0) is 6.54 Å². The summed E-state index contributed by atoms with van der Waals surface area (Å²) in [7, 11) is 3.18. The summed E-state index contributed by atoms with van der Waals surface area (Å²) in [5.41, 5.74) is 2.76. The maximum atomic E-state index is 12.2. The number of carbonyl (C=O) groups is 1. The molecule has 0 heterocycles. The minimum atomic E-state index is -0.246. The van der Waals surface area contributed by atoms with Gasteiger partial charge in [0.2, 0.25) is 0 Å². The third-order valence-electron chi connectivity index (χ3n) is 3.77. The van der Waals surface area contributed by atoms with Crippen LogP contribution in [0.1, 0.15) is 31.9 Å². The number of methoxy groups -OCH3 is 2. The Kier molecular flexibility index (Phi) is 7.02. The number of hydrogen-bond donors (Lipinski definition) is 2. The highest BCUT2D eigenvalue weighted by atomic mass is 32.2. The molecule has 6 heteroatoms. The van der Waals surface area contributed by atoms with Gasteiger partial charge in [-0.25, -0.2) is 4.79 Å². The number of ether oxygens (including phenoxy) is 2. The first-order chi connectivity index (χ1) is 12.7. The van der Waals surface area contributed by atoms with E-state index in [4.69, 9.17) is 9.47 Å². The zero-order chi connectivity index (χ0) is 20.0. The van der Waals surface area contributed by atoms with E-state index >= 15 is 0 Å². The number of amides is 2. The largest absolute Gasteiger partial charge is 0.493 e. The van der Waals surface area contributed by atoms with Gasteiger partial charge in [-0.2, -0.15) is 0 Å². The van der Waals surface area contributed by atoms with Crippen LogP contribution in [0.25, 0.3) is 0 Å². The first-order valence-corrected chi connectivity index (χ1v) is 9.59. The molecule has 146 valence electrons. The van der Waals surface area contributed by atoms with Crippen molar-refractivity contribution in [3.63, 3.8) is 0 Å². The topological polar surface area (TPSA) is 59.6 Å². The van der Waals surface area contributed by atoms with Crippen molar-refractivity contribution in [3.05, 3.63) is 47.5 Å². The number of nitrogens with one attached hydrogen (secondary N) is 2. The summed E-state index contributed by atoms with van der Waals surface area (Å²) >= 11 is 1.81. The monoisotopic (exact) mass is 388 g/mol. The molecule has 0 unspecified atom stereocenters. The molecule has 2 rings (SSSR count). The van der Waals surface area contributed by atoms with E-state index in [9.17, 15) is 4.79 Å². The maximum Gasteiger partial charge on any atom is 0.319 e. The Morgan fingerprint density at radius 1 is 1.04 bits per heavy atom. The van der Waals surface area contributed by atoms with Crippen molar-refractivity contribution in [3.8, 4) is 11.5 Å². The van der Waals surface area contributed by atoms with Gasteiger partial charge in [0.05, 0.1) is 14.2 Å². The molecule has 0 saturated carbocycles. The van der Waals surface area contributed by atoms with Gasteiger partial charge in [0.1, 0.15) is 0 Å². The van der Waals surface area contributed by atoms with Crippen molar-refractivity contribution in [2.45, 2.75) is 43.9 Å². The van der Waals surface area contributed by atoms with Crippen LogP contribution in [-0.4, -0.2) is 25.0 Å². The predicted octanol–water partition coefficient (Wildman–Crippen LogP) is 5.22. The molecule has 0 bridgehead atoms. The van der Waals surface area contributed by atoms with E-state index in [0.29, 0.717) is 18.0 Å². The summed E-state index contributed by atoms with van der Waals surface area (Å²) < 4.78 is 10.7.